The second-order valence-corrected chi connectivity index (χ2v) is 7.54. The fraction of sp³-hybridized carbons (Fsp3) is 0.158. The van der Waals surface area contributed by atoms with Gasteiger partial charge in [-0.1, -0.05) is 22.9 Å². The predicted octanol–water partition coefficient (Wildman–Crippen LogP) is 2.87. The molecule has 0 saturated carbocycles. The van der Waals surface area contributed by atoms with E-state index in [2.05, 4.69) is 20.8 Å². The van der Waals surface area contributed by atoms with Gasteiger partial charge in [-0.25, -0.2) is 0 Å². The van der Waals surface area contributed by atoms with Crippen LogP contribution >= 0.6 is 22.9 Å². The molecule has 1 aromatic heterocycles. The molecule has 2 amide bonds. The third kappa shape index (κ3) is 4.97. The van der Waals surface area contributed by atoms with E-state index >= 15 is 0 Å². The first-order chi connectivity index (χ1) is 14.6. The van der Waals surface area contributed by atoms with Crippen LogP contribution < -0.4 is 24.8 Å². The molecule has 2 heterocycles. The molecule has 0 atom stereocenters. The van der Waals surface area contributed by atoms with Crippen molar-refractivity contribution in [2.75, 3.05) is 18.7 Å². The van der Waals surface area contributed by atoms with Crippen molar-refractivity contribution >= 4 is 40.4 Å². The standard InChI is InChI=1S/C19H15ClN4O5S/c20-11-1-4-13(5-2-11)27-9-16(25)21-8-17-23-24-19(30-17)18(26)22-12-3-6-14-15(7-12)29-10-28-14/h1-7H,8-10H2,(H,21,25)(H,22,26). The van der Waals surface area contributed by atoms with Gasteiger partial charge in [0.2, 0.25) is 11.8 Å². The Balaban J connectivity index is 1.25. The molecule has 0 spiro atoms. The maximum Gasteiger partial charge on any atom is 0.286 e. The maximum absolute atomic E-state index is 12.4. The van der Waals surface area contributed by atoms with Gasteiger partial charge in [0, 0.05) is 16.8 Å². The van der Waals surface area contributed by atoms with Crippen LogP contribution in [0, 0.1) is 0 Å². The quantitative estimate of drug-likeness (QED) is 0.573. The number of rotatable bonds is 7. The SMILES string of the molecule is O=C(COc1ccc(Cl)cc1)NCc1nnc(C(=O)Nc2ccc3c(c2)OCO3)s1. The molecule has 30 heavy (non-hydrogen) atoms. The summed E-state index contributed by atoms with van der Waals surface area (Å²) in [6.45, 7) is 0.138. The number of halogens is 1. The van der Waals surface area contributed by atoms with E-state index in [1.165, 1.54) is 0 Å². The van der Waals surface area contributed by atoms with Crippen molar-refractivity contribution in [2.45, 2.75) is 6.54 Å². The molecule has 0 bridgehead atoms. The lowest BCUT2D eigenvalue weighted by atomic mass is 10.3. The third-order valence-electron chi connectivity index (χ3n) is 3.91. The molecule has 3 aromatic rings. The Kier molecular flexibility index (Phi) is 5.96. The number of benzene rings is 2. The fourth-order valence-electron chi connectivity index (χ4n) is 2.48. The summed E-state index contributed by atoms with van der Waals surface area (Å²) in [6.07, 6.45) is 0. The molecule has 0 aliphatic carbocycles. The lowest BCUT2D eigenvalue weighted by molar-refractivity contribution is -0.123. The van der Waals surface area contributed by atoms with E-state index in [0.29, 0.717) is 33.0 Å². The molecule has 2 aromatic carbocycles. The summed E-state index contributed by atoms with van der Waals surface area (Å²) in [6, 6.07) is 11.8. The van der Waals surface area contributed by atoms with E-state index in [0.717, 1.165) is 11.3 Å². The molecular weight excluding hydrogens is 432 g/mol. The van der Waals surface area contributed by atoms with Gasteiger partial charge in [-0.15, -0.1) is 10.2 Å². The van der Waals surface area contributed by atoms with Gasteiger partial charge in [0.1, 0.15) is 10.8 Å². The number of nitrogens with one attached hydrogen (secondary N) is 2. The van der Waals surface area contributed by atoms with E-state index < -0.39 is 5.91 Å². The number of ether oxygens (including phenoxy) is 3. The monoisotopic (exact) mass is 446 g/mol. The number of hydrogen-bond acceptors (Lipinski definition) is 8. The van der Waals surface area contributed by atoms with Gasteiger partial charge in [-0.3, -0.25) is 9.59 Å². The maximum atomic E-state index is 12.4. The summed E-state index contributed by atoms with van der Waals surface area (Å²) in [7, 11) is 0. The molecule has 154 valence electrons. The smallest absolute Gasteiger partial charge is 0.286 e. The topological polar surface area (TPSA) is 112 Å². The zero-order chi connectivity index (χ0) is 20.9. The molecule has 2 N–H and O–H groups in total. The number of anilines is 1. The van der Waals surface area contributed by atoms with Crippen LogP contribution in [-0.4, -0.2) is 35.4 Å². The highest BCUT2D eigenvalue weighted by molar-refractivity contribution is 7.13. The summed E-state index contributed by atoms with van der Waals surface area (Å²) >= 11 is 6.88. The van der Waals surface area contributed by atoms with Crippen LogP contribution in [0.3, 0.4) is 0 Å². The molecule has 9 nitrogen and oxygen atoms in total. The number of nitrogens with zero attached hydrogens (tertiary/aromatic N) is 2. The summed E-state index contributed by atoms with van der Waals surface area (Å²) in [5.74, 6) is 0.991. The van der Waals surface area contributed by atoms with E-state index in [-0.39, 0.29) is 30.9 Å². The largest absolute Gasteiger partial charge is 0.484 e. The zero-order valence-electron chi connectivity index (χ0n) is 15.4. The number of carbonyl (C=O) groups is 2. The molecule has 0 fully saturated rings. The van der Waals surface area contributed by atoms with Gasteiger partial charge in [0.25, 0.3) is 11.8 Å². The van der Waals surface area contributed by atoms with E-state index in [9.17, 15) is 9.59 Å². The number of carbonyl (C=O) groups excluding carboxylic acids is 2. The summed E-state index contributed by atoms with van der Waals surface area (Å²) in [5, 5.41) is 14.4. The highest BCUT2D eigenvalue weighted by Gasteiger charge is 2.17. The van der Waals surface area contributed by atoms with Crippen LogP contribution in [0.2, 0.25) is 5.02 Å². The Hall–Kier alpha value is -3.37. The van der Waals surface area contributed by atoms with Crippen molar-refractivity contribution in [3.05, 3.63) is 57.5 Å². The van der Waals surface area contributed by atoms with Crippen LogP contribution in [-0.2, 0) is 11.3 Å². The van der Waals surface area contributed by atoms with E-state index in [1.807, 2.05) is 0 Å². The second-order valence-electron chi connectivity index (χ2n) is 6.04. The minimum atomic E-state index is -0.407. The second kappa shape index (κ2) is 8.97. The van der Waals surface area contributed by atoms with Crippen molar-refractivity contribution < 1.29 is 23.8 Å². The molecule has 4 rings (SSSR count). The summed E-state index contributed by atoms with van der Waals surface area (Å²) in [5.41, 5.74) is 0.550. The van der Waals surface area contributed by atoms with Crippen molar-refractivity contribution in [3.63, 3.8) is 0 Å². The average Bonchev–Trinajstić information content (AvgIpc) is 3.41. The Morgan fingerprint density at radius 3 is 2.73 bits per heavy atom. The predicted molar refractivity (Wildman–Crippen MR) is 109 cm³/mol. The van der Waals surface area contributed by atoms with Gasteiger partial charge < -0.3 is 24.8 Å². The number of aromatic nitrogens is 2. The zero-order valence-corrected chi connectivity index (χ0v) is 17.0. The normalized spacial score (nSPS) is 11.8. The molecule has 1 aliphatic rings. The molecule has 0 radical (unpaired) electrons. The molecule has 0 unspecified atom stereocenters. The molecular formula is C19H15ClN4O5S. The van der Waals surface area contributed by atoms with Gasteiger partial charge in [-0.05, 0) is 36.4 Å². The Morgan fingerprint density at radius 2 is 1.90 bits per heavy atom. The molecule has 1 aliphatic heterocycles. The van der Waals surface area contributed by atoms with Crippen LogP contribution in [0.4, 0.5) is 5.69 Å². The lowest BCUT2D eigenvalue weighted by Gasteiger charge is -2.06. The summed E-state index contributed by atoms with van der Waals surface area (Å²) < 4.78 is 15.9. The lowest BCUT2D eigenvalue weighted by Crippen LogP contribution is -2.28. The first kappa shape index (κ1) is 19.9. The first-order valence-electron chi connectivity index (χ1n) is 8.75. The van der Waals surface area contributed by atoms with E-state index in [1.54, 1.807) is 42.5 Å². The average molecular weight is 447 g/mol. The van der Waals surface area contributed by atoms with Crippen molar-refractivity contribution in [1.29, 1.82) is 0 Å². The third-order valence-corrected chi connectivity index (χ3v) is 5.09. The number of amides is 2. The van der Waals surface area contributed by atoms with Crippen molar-refractivity contribution in [3.8, 4) is 17.2 Å². The van der Waals surface area contributed by atoms with E-state index in [4.69, 9.17) is 25.8 Å². The summed E-state index contributed by atoms with van der Waals surface area (Å²) in [4.78, 5) is 24.3. The van der Waals surface area contributed by atoms with Gasteiger partial charge in [0.05, 0.1) is 6.54 Å². The fourth-order valence-corrected chi connectivity index (χ4v) is 3.28. The van der Waals surface area contributed by atoms with Crippen molar-refractivity contribution in [1.82, 2.24) is 15.5 Å². The van der Waals surface area contributed by atoms with Crippen LogP contribution in [0.1, 0.15) is 14.8 Å². The minimum Gasteiger partial charge on any atom is -0.484 e. The van der Waals surface area contributed by atoms with Gasteiger partial charge >= 0.3 is 0 Å². The molecule has 11 heteroatoms. The number of fused-ring (bicyclic) bond motifs is 1. The highest BCUT2D eigenvalue weighted by atomic mass is 35.5. The van der Waals surface area contributed by atoms with Crippen LogP contribution in [0.25, 0.3) is 0 Å². The number of hydrogen-bond donors (Lipinski definition) is 2. The Labute approximate surface area is 179 Å². The first-order valence-corrected chi connectivity index (χ1v) is 9.95. The minimum absolute atomic E-state index is 0.137. The van der Waals surface area contributed by atoms with Crippen LogP contribution in [0.5, 0.6) is 17.2 Å². The van der Waals surface area contributed by atoms with Crippen molar-refractivity contribution in [2.24, 2.45) is 0 Å². The van der Waals surface area contributed by atoms with Gasteiger partial charge in [0.15, 0.2) is 18.1 Å². The Morgan fingerprint density at radius 1 is 1.10 bits per heavy atom. The van der Waals surface area contributed by atoms with Gasteiger partial charge in [-0.2, -0.15) is 0 Å². The Bertz CT molecular complexity index is 1070. The van der Waals surface area contributed by atoms with Crippen LogP contribution in [0.15, 0.2) is 42.5 Å². The highest BCUT2D eigenvalue weighted by Crippen LogP contribution is 2.34. The molecule has 0 saturated heterocycles.